The molecule has 2 rings (SSSR count). The van der Waals surface area contributed by atoms with Crippen molar-refractivity contribution < 1.29 is 4.74 Å². The van der Waals surface area contributed by atoms with Gasteiger partial charge in [-0.3, -0.25) is 0 Å². The van der Waals surface area contributed by atoms with E-state index in [9.17, 15) is 0 Å². The highest BCUT2D eigenvalue weighted by Gasteiger charge is 2.08. The minimum Gasteiger partial charge on any atom is -0.494 e. The first-order valence-electron chi connectivity index (χ1n) is 5.64. The molecule has 0 spiro atoms. The maximum Gasteiger partial charge on any atom is 0.141 e. The van der Waals surface area contributed by atoms with E-state index in [2.05, 4.69) is 11.1 Å². The van der Waals surface area contributed by atoms with Crippen LogP contribution in [0.15, 0.2) is 36.5 Å². The predicted octanol–water partition coefficient (Wildman–Crippen LogP) is 2.60. The van der Waals surface area contributed by atoms with Gasteiger partial charge in [0.2, 0.25) is 0 Å². The molecule has 1 heterocycles. The highest BCUT2D eigenvalue weighted by molar-refractivity contribution is 5.75. The molecule has 0 aliphatic rings. The van der Waals surface area contributed by atoms with Crippen molar-refractivity contribution >= 4 is 5.82 Å². The van der Waals surface area contributed by atoms with Gasteiger partial charge in [0.15, 0.2) is 0 Å². The summed E-state index contributed by atoms with van der Waals surface area (Å²) in [5.74, 6) is 1.06. The van der Waals surface area contributed by atoms with Crippen LogP contribution in [0.2, 0.25) is 0 Å². The first-order valence-corrected chi connectivity index (χ1v) is 5.64. The second-order valence-corrected chi connectivity index (χ2v) is 3.69. The standard InChI is InChI=1S/C14H13N3O/c1-2-18-11-5-3-10(4-6-11)12-7-8-17-14(16)13(12)9-15/h3-8H,2H2,1H3,(H2,16,17). The number of nitrogen functional groups attached to an aromatic ring is 1. The molecule has 0 saturated carbocycles. The SMILES string of the molecule is CCOc1ccc(-c2ccnc(N)c2C#N)cc1. The summed E-state index contributed by atoms with van der Waals surface area (Å²) in [4.78, 5) is 3.91. The number of hydrogen-bond donors (Lipinski definition) is 1. The lowest BCUT2D eigenvalue weighted by Crippen LogP contribution is -1.96. The van der Waals surface area contributed by atoms with Gasteiger partial charge in [0.25, 0.3) is 0 Å². The molecule has 0 bridgehead atoms. The zero-order chi connectivity index (χ0) is 13.0. The number of rotatable bonds is 3. The average Bonchev–Trinajstić information content (AvgIpc) is 2.40. The fraction of sp³-hybridized carbons (Fsp3) is 0.143. The molecule has 1 aromatic heterocycles. The molecule has 0 aliphatic heterocycles. The highest BCUT2D eigenvalue weighted by Crippen LogP contribution is 2.27. The third-order valence-electron chi connectivity index (χ3n) is 2.57. The van der Waals surface area contributed by atoms with Crippen LogP contribution in [0.25, 0.3) is 11.1 Å². The highest BCUT2D eigenvalue weighted by atomic mass is 16.5. The zero-order valence-electron chi connectivity index (χ0n) is 10.1. The average molecular weight is 239 g/mol. The molecular formula is C14H13N3O. The molecule has 0 atom stereocenters. The Morgan fingerprint density at radius 2 is 2.00 bits per heavy atom. The van der Waals surface area contributed by atoms with Crippen LogP contribution in [-0.2, 0) is 0 Å². The Hall–Kier alpha value is -2.54. The van der Waals surface area contributed by atoms with Gasteiger partial charge in [0.1, 0.15) is 23.2 Å². The molecule has 0 radical (unpaired) electrons. The van der Waals surface area contributed by atoms with E-state index in [1.807, 2.05) is 31.2 Å². The topological polar surface area (TPSA) is 71.9 Å². The maximum absolute atomic E-state index is 9.10. The summed E-state index contributed by atoms with van der Waals surface area (Å²) in [6, 6.07) is 11.4. The molecule has 2 N–H and O–H groups in total. The molecule has 0 saturated heterocycles. The third kappa shape index (κ3) is 2.25. The van der Waals surface area contributed by atoms with E-state index in [1.54, 1.807) is 12.3 Å². The van der Waals surface area contributed by atoms with Crippen LogP contribution in [-0.4, -0.2) is 11.6 Å². The van der Waals surface area contributed by atoms with Gasteiger partial charge in [0.05, 0.1) is 6.61 Å². The lowest BCUT2D eigenvalue weighted by Gasteiger charge is -2.07. The van der Waals surface area contributed by atoms with Gasteiger partial charge in [-0.2, -0.15) is 5.26 Å². The molecule has 4 nitrogen and oxygen atoms in total. The Balaban J connectivity index is 2.43. The van der Waals surface area contributed by atoms with E-state index in [0.29, 0.717) is 12.2 Å². The van der Waals surface area contributed by atoms with Crippen LogP contribution in [0.4, 0.5) is 5.82 Å². The Kier molecular flexibility index (Phi) is 3.44. The summed E-state index contributed by atoms with van der Waals surface area (Å²) in [6.07, 6.45) is 1.60. The van der Waals surface area contributed by atoms with Crippen molar-refractivity contribution in [2.45, 2.75) is 6.92 Å². The minimum absolute atomic E-state index is 0.254. The first kappa shape index (κ1) is 11.9. The smallest absolute Gasteiger partial charge is 0.141 e. The number of nitrogens with two attached hydrogens (primary N) is 1. The zero-order valence-corrected chi connectivity index (χ0v) is 10.1. The van der Waals surface area contributed by atoms with Crippen LogP contribution >= 0.6 is 0 Å². The van der Waals surface area contributed by atoms with Gasteiger partial charge in [-0.05, 0) is 30.7 Å². The van der Waals surface area contributed by atoms with Gasteiger partial charge < -0.3 is 10.5 Å². The lowest BCUT2D eigenvalue weighted by molar-refractivity contribution is 0.340. The number of nitrogens with zero attached hydrogens (tertiary/aromatic N) is 2. The van der Waals surface area contributed by atoms with Crippen molar-refractivity contribution in [3.05, 3.63) is 42.1 Å². The van der Waals surface area contributed by atoms with E-state index in [1.165, 1.54) is 0 Å². The number of hydrogen-bond acceptors (Lipinski definition) is 4. The van der Waals surface area contributed by atoms with Gasteiger partial charge >= 0.3 is 0 Å². The Morgan fingerprint density at radius 1 is 1.28 bits per heavy atom. The quantitative estimate of drug-likeness (QED) is 0.893. The fourth-order valence-corrected chi connectivity index (χ4v) is 1.73. The van der Waals surface area contributed by atoms with Crippen molar-refractivity contribution in [2.24, 2.45) is 0 Å². The number of anilines is 1. The molecule has 0 amide bonds. The maximum atomic E-state index is 9.10. The summed E-state index contributed by atoms with van der Waals surface area (Å²) in [5, 5.41) is 9.10. The predicted molar refractivity (Wildman–Crippen MR) is 70.0 cm³/mol. The molecule has 0 aliphatic carbocycles. The van der Waals surface area contributed by atoms with E-state index in [4.69, 9.17) is 15.7 Å². The first-order chi connectivity index (χ1) is 8.76. The van der Waals surface area contributed by atoms with Crippen LogP contribution < -0.4 is 10.5 Å². The van der Waals surface area contributed by atoms with Crippen molar-refractivity contribution in [3.63, 3.8) is 0 Å². The lowest BCUT2D eigenvalue weighted by atomic mass is 10.0. The van der Waals surface area contributed by atoms with Crippen LogP contribution in [0.1, 0.15) is 12.5 Å². The second kappa shape index (κ2) is 5.19. The van der Waals surface area contributed by atoms with Gasteiger partial charge in [-0.25, -0.2) is 4.98 Å². The van der Waals surface area contributed by atoms with E-state index < -0.39 is 0 Å². The molecule has 4 heteroatoms. The molecule has 90 valence electrons. The van der Waals surface area contributed by atoms with E-state index in [0.717, 1.165) is 16.9 Å². The van der Waals surface area contributed by atoms with Crippen molar-refractivity contribution in [1.29, 1.82) is 5.26 Å². The number of aromatic nitrogens is 1. The largest absolute Gasteiger partial charge is 0.494 e. The third-order valence-corrected chi connectivity index (χ3v) is 2.57. The monoisotopic (exact) mass is 239 g/mol. The number of ether oxygens (including phenoxy) is 1. The van der Waals surface area contributed by atoms with Gasteiger partial charge in [-0.1, -0.05) is 12.1 Å². The van der Waals surface area contributed by atoms with E-state index >= 15 is 0 Å². The summed E-state index contributed by atoms with van der Waals surface area (Å²) < 4.78 is 5.37. The summed E-state index contributed by atoms with van der Waals surface area (Å²) >= 11 is 0. The van der Waals surface area contributed by atoms with Crippen molar-refractivity contribution in [2.75, 3.05) is 12.3 Å². The molecule has 0 unspecified atom stereocenters. The van der Waals surface area contributed by atoms with Gasteiger partial charge in [-0.15, -0.1) is 0 Å². The molecular weight excluding hydrogens is 226 g/mol. The number of pyridine rings is 1. The Morgan fingerprint density at radius 3 is 2.61 bits per heavy atom. The van der Waals surface area contributed by atoms with Crippen LogP contribution in [0.5, 0.6) is 5.75 Å². The molecule has 18 heavy (non-hydrogen) atoms. The number of nitriles is 1. The van der Waals surface area contributed by atoms with Crippen molar-refractivity contribution in [1.82, 2.24) is 4.98 Å². The fourth-order valence-electron chi connectivity index (χ4n) is 1.73. The van der Waals surface area contributed by atoms with Crippen molar-refractivity contribution in [3.8, 4) is 22.9 Å². The van der Waals surface area contributed by atoms with Crippen LogP contribution in [0, 0.1) is 11.3 Å². The minimum atomic E-state index is 0.254. The summed E-state index contributed by atoms with van der Waals surface area (Å²) in [6.45, 7) is 2.57. The van der Waals surface area contributed by atoms with E-state index in [-0.39, 0.29) is 5.82 Å². The Bertz CT molecular complexity index is 585. The molecule has 2 aromatic rings. The molecule has 1 aromatic carbocycles. The Labute approximate surface area is 106 Å². The summed E-state index contributed by atoms with van der Waals surface area (Å²) in [5.41, 5.74) is 7.80. The summed E-state index contributed by atoms with van der Waals surface area (Å²) in [7, 11) is 0. The number of benzene rings is 1. The second-order valence-electron chi connectivity index (χ2n) is 3.69. The normalized spacial score (nSPS) is 9.78. The van der Waals surface area contributed by atoms with Crippen LogP contribution in [0.3, 0.4) is 0 Å². The molecule has 0 fully saturated rings. The van der Waals surface area contributed by atoms with Gasteiger partial charge in [0, 0.05) is 11.8 Å².